The third kappa shape index (κ3) is 3.78. The number of sulfonamides is 1. The van der Waals surface area contributed by atoms with Gasteiger partial charge in [0.05, 0.1) is 18.1 Å². The minimum Gasteiger partial charge on any atom is -0.456 e. The van der Waals surface area contributed by atoms with Gasteiger partial charge >= 0.3 is 0 Å². The number of nitro groups is 1. The lowest BCUT2D eigenvalue weighted by molar-refractivity contribution is -0.385. The van der Waals surface area contributed by atoms with Crippen LogP contribution in [0.1, 0.15) is 0 Å². The second-order valence-corrected chi connectivity index (χ2v) is 7.23. The van der Waals surface area contributed by atoms with Gasteiger partial charge in [-0.2, -0.15) is 4.31 Å². The molecule has 0 aromatic heterocycles. The van der Waals surface area contributed by atoms with Gasteiger partial charge in [-0.15, -0.1) is 0 Å². The topological polar surface area (TPSA) is 99.0 Å². The fourth-order valence-corrected chi connectivity index (χ4v) is 3.98. The van der Waals surface area contributed by atoms with Crippen LogP contribution in [0, 0.1) is 10.1 Å². The van der Waals surface area contributed by atoms with E-state index >= 15 is 0 Å². The predicted octanol–water partition coefficient (Wildman–Crippen LogP) is 2.41. The number of para-hydroxylation sites is 1. The van der Waals surface area contributed by atoms with Crippen molar-refractivity contribution in [3.05, 3.63) is 58.6 Å². The minimum atomic E-state index is -3.94. The zero-order valence-corrected chi connectivity index (χ0v) is 14.0. The number of ether oxygens (including phenoxy) is 2. The van der Waals surface area contributed by atoms with Gasteiger partial charge in [0.15, 0.2) is 0 Å². The molecule has 0 spiro atoms. The van der Waals surface area contributed by atoms with Gasteiger partial charge in [0.2, 0.25) is 10.0 Å². The summed E-state index contributed by atoms with van der Waals surface area (Å²) in [6.45, 7) is 0.942. The Morgan fingerprint density at radius 2 is 1.76 bits per heavy atom. The van der Waals surface area contributed by atoms with Crippen LogP contribution in [0.2, 0.25) is 0 Å². The monoisotopic (exact) mass is 364 g/mol. The fraction of sp³-hybridized carbons (Fsp3) is 0.250. The zero-order chi connectivity index (χ0) is 17.9. The van der Waals surface area contributed by atoms with E-state index < -0.39 is 14.9 Å². The molecule has 2 aromatic rings. The van der Waals surface area contributed by atoms with Crippen LogP contribution in [-0.2, 0) is 14.8 Å². The maximum absolute atomic E-state index is 12.9. The quantitative estimate of drug-likeness (QED) is 0.597. The standard InChI is InChI=1S/C16H16N2O6S/c19-18(20)13-6-7-15(24-14-4-2-1-3-5-14)16(12-13)25(21,22)17-8-10-23-11-9-17/h1-7,12H,8-11H2. The Balaban J connectivity index is 2.04. The molecule has 1 fully saturated rings. The number of rotatable bonds is 5. The Kier molecular flexibility index (Phi) is 4.98. The van der Waals surface area contributed by atoms with E-state index in [4.69, 9.17) is 9.47 Å². The molecule has 2 aromatic carbocycles. The van der Waals surface area contributed by atoms with Crippen LogP contribution < -0.4 is 4.74 Å². The maximum atomic E-state index is 12.9. The van der Waals surface area contributed by atoms with E-state index in [2.05, 4.69) is 0 Å². The highest BCUT2D eigenvalue weighted by Gasteiger charge is 2.31. The van der Waals surface area contributed by atoms with Crippen LogP contribution in [0.5, 0.6) is 11.5 Å². The first-order valence-corrected chi connectivity index (χ1v) is 9.02. The molecule has 132 valence electrons. The van der Waals surface area contributed by atoms with Crippen molar-refractivity contribution >= 4 is 15.7 Å². The van der Waals surface area contributed by atoms with Gasteiger partial charge in [0.25, 0.3) is 5.69 Å². The summed E-state index contributed by atoms with van der Waals surface area (Å²) in [4.78, 5) is 10.2. The van der Waals surface area contributed by atoms with Crippen molar-refractivity contribution in [1.82, 2.24) is 4.31 Å². The first-order valence-electron chi connectivity index (χ1n) is 7.58. The molecule has 1 heterocycles. The molecule has 25 heavy (non-hydrogen) atoms. The van der Waals surface area contributed by atoms with Gasteiger partial charge in [0.1, 0.15) is 16.4 Å². The summed E-state index contributed by atoms with van der Waals surface area (Å²) in [5.41, 5.74) is -0.313. The molecule has 8 nitrogen and oxygen atoms in total. The number of hydrogen-bond donors (Lipinski definition) is 0. The van der Waals surface area contributed by atoms with E-state index in [9.17, 15) is 18.5 Å². The number of non-ortho nitro benzene ring substituents is 1. The number of nitrogens with zero attached hydrogens (tertiary/aromatic N) is 2. The molecule has 0 amide bonds. The van der Waals surface area contributed by atoms with Crippen molar-refractivity contribution in [3.8, 4) is 11.5 Å². The van der Waals surface area contributed by atoms with Gasteiger partial charge in [-0.25, -0.2) is 8.42 Å². The van der Waals surface area contributed by atoms with E-state index in [0.29, 0.717) is 5.75 Å². The molecule has 0 bridgehead atoms. The van der Waals surface area contributed by atoms with Gasteiger partial charge in [0, 0.05) is 25.2 Å². The van der Waals surface area contributed by atoms with Crippen molar-refractivity contribution in [2.24, 2.45) is 0 Å². The molecular formula is C16H16N2O6S. The molecule has 1 aliphatic heterocycles. The van der Waals surface area contributed by atoms with Crippen LogP contribution in [0.25, 0.3) is 0 Å². The summed E-state index contributed by atoms with van der Waals surface area (Å²) in [7, 11) is -3.94. The number of hydrogen-bond acceptors (Lipinski definition) is 6. The normalized spacial score (nSPS) is 15.7. The predicted molar refractivity (Wildman–Crippen MR) is 89.2 cm³/mol. The molecule has 0 N–H and O–H groups in total. The second-order valence-electron chi connectivity index (χ2n) is 5.32. The number of nitro benzene ring substituents is 1. The first kappa shape index (κ1) is 17.3. The number of morpholine rings is 1. The minimum absolute atomic E-state index is 0.0447. The lowest BCUT2D eigenvalue weighted by Crippen LogP contribution is -2.40. The summed E-state index contributed by atoms with van der Waals surface area (Å²) in [6, 6.07) is 12.2. The molecule has 0 atom stereocenters. The largest absolute Gasteiger partial charge is 0.456 e. The maximum Gasteiger partial charge on any atom is 0.271 e. The van der Waals surface area contributed by atoms with Crippen LogP contribution in [0.15, 0.2) is 53.4 Å². The summed E-state index contributed by atoms with van der Waals surface area (Å²) in [6.07, 6.45) is 0. The lowest BCUT2D eigenvalue weighted by Gasteiger charge is -2.26. The Bertz CT molecular complexity index is 863. The molecule has 1 aliphatic rings. The average Bonchev–Trinajstić information content (AvgIpc) is 2.63. The van der Waals surface area contributed by atoms with Crippen molar-refractivity contribution in [3.63, 3.8) is 0 Å². The smallest absolute Gasteiger partial charge is 0.271 e. The molecule has 1 saturated heterocycles. The van der Waals surface area contributed by atoms with E-state index in [1.807, 2.05) is 0 Å². The van der Waals surface area contributed by atoms with Gasteiger partial charge in [-0.1, -0.05) is 18.2 Å². The molecule has 3 rings (SSSR count). The number of benzene rings is 2. The van der Waals surface area contributed by atoms with Crippen LogP contribution in [-0.4, -0.2) is 43.9 Å². The molecular weight excluding hydrogens is 348 g/mol. The van der Waals surface area contributed by atoms with E-state index in [-0.39, 0.29) is 42.6 Å². The summed E-state index contributed by atoms with van der Waals surface area (Å²) >= 11 is 0. The zero-order valence-electron chi connectivity index (χ0n) is 13.2. The van der Waals surface area contributed by atoms with E-state index in [0.717, 1.165) is 6.07 Å². The summed E-state index contributed by atoms with van der Waals surface area (Å²) in [5, 5.41) is 11.1. The van der Waals surface area contributed by atoms with Crippen LogP contribution >= 0.6 is 0 Å². The second kappa shape index (κ2) is 7.18. The summed E-state index contributed by atoms with van der Waals surface area (Å²) < 4.78 is 38.0. The molecule has 0 radical (unpaired) electrons. The van der Waals surface area contributed by atoms with Gasteiger partial charge in [-0.3, -0.25) is 10.1 Å². The molecule has 9 heteroatoms. The van der Waals surface area contributed by atoms with Crippen molar-refractivity contribution in [1.29, 1.82) is 0 Å². The third-order valence-electron chi connectivity index (χ3n) is 3.70. The Morgan fingerprint density at radius 1 is 1.08 bits per heavy atom. The van der Waals surface area contributed by atoms with E-state index in [1.54, 1.807) is 30.3 Å². The SMILES string of the molecule is O=[N+]([O-])c1ccc(Oc2ccccc2)c(S(=O)(=O)N2CCOCC2)c1. The van der Waals surface area contributed by atoms with Crippen molar-refractivity contribution in [2.75, 3.05) is 26.3 Å². The highest BCUT2D eigenvalue weighted by atomic mass is 32.2. The van der Waals surface area contributed by atoms with Crippen molar-refractivity contribution in [2.45, 2.75) is 4.90 Å². The average molecular weight is 364 g/mol. The Morgan fingerprint density at radius 3 is 2.40 bits per heavy atom. The van der Waals surface area contributed by atoms with Crippen molar-refractivity contribution < 1.29 is 22.8 Å². The highest BCUT2D eigenvalue weighted by molar-refractivity contribution is 7.89. The Labute approximate surface area is 144 Å². The summed E-state index contributed by atoms with van der Waals surface area (Å²) in [5.74, 6) is 0.484. The lowest BCUT2D eigenvalue weighted by atomic mass is 10.3. The Hall–Kier alpha value is -2.49. The van der Waals surface area contributed by atoms with Gasteiger partial charge < -0.3 is 9.47 Å². The fourth-order valence-electron chi connectivity index (χ4n) is 2.44. The van der Waals surface area contributed by atoms with Crippen LogP contribution in [0.4, 0.5) is 5.69 Å². The third-order valence-corrected chi connectivity index (χ3v) is 5.62. The highest BCUT2D eigenvalue weighted by Crippen LogP contribution is 2.34. The molecule has 0 unspecified atom stereocenters. The molecule has 0 saturated carbocycles. The molecule has 0 aliphatic carbocycles. The van der Waals surface area contributed by atoms with Gasteiger partial charge in [-0.05, 0) is 18.2 Å². The van der Waals surface area contributed by atoms with E-state index in [1.165, 1.54) is 16.4 Å². The van der Waals surface area contributed by atoms with Crippen LogP contribution in [0.3, 0.4) is 0 Å². The first-order chi connectivity index (χ1) is 12.0.